The van der Waals surface area contributed by atoms with Crippen molar-refractivity contribution in [3.63, 3.8) is 0 Å². The average molecular weight is 279 g/mol. The normalized spacial score (nSPS) is 21.4. The highest BCUT2D eigenvalue weighted by Crippen LogP contribution is 2.20. The van der Waals surface area contributed by atoms with E-state index in [1.54, 1.807) is 7.11 Å². The first-order valence-electron chi connectivity index (χ1n) is 6.39. The van der Waals surface area contributed by atoms with Crippen molar-refractivity contribution in [2.45, 2.75) is 31.6 Å². The molecule has 0 aliphatic carbocycles. The molecule has 2 atom stereocenters. The first-order chi connectivity index (χ1) is 9.60. The second kappa shape index (κ2) is 6.38. The van der Waals surface area contributed by atoms with Gasteiger partial charge in [0.1, 0.15) is 11.9 Å². The number of carboxylic acid groups (broad SMARTS) is 1. The van der Waals surface area contributed by atoms with Crippen molar-refractivity contribution in [1.82, 2.24) is 5.32 Å². The molecule has 1 amide bonds. The number of aliphatic carboxylic acids is 1. The third-order valence-electron chi connectivity index (χ3n) is 3.21. The molecule has 1 aliphatic rings. The maximum Gasteiger partial charge on any atom is 0.332 e. The van der Waals surface area contributed by atoms with Gasteiger partial charge in [0.05, 0.1) is 7.11 Å². The smallest absolute Gasteiger partial charge is 0.332 e. The fourth-order valence-electron chi connectivity index (χ4n) is 2.06. The van der Waals surface area contributed by atoms with Gasteiger partial charge in [-0.05, 0) is 30.5 Å². The molecular formula is C14H17NO5. The number of rotatable bonds is 5. The fourth-order valence-corrected chi connectivity index (χ4v) is 2.06. The van der Waals surface area contributed by atoms with Gasteiger partial charge in [-0.15, -0.1) is 0 Å². The molecule has 0 unspecified atom stereocenters. The van der Waals surface area contributed by atoms with Crippen molar-refractivity contribution in [3.05, 3.63) is 29.8 Å². The van der Waals surface area contributed by atoms with Crippen molar-refractivity contribution in [2.24, 2.45) is 0 Å². The first kappa shape index (κ1) is 14.3. The summed E-state index contributed by atoms with van der Waals surface area (Å²) in [5.41, 5.74) is 0.937. The maximum absolute atomic E-state index is 11.9. The van der Waals surface area contributed by atoms with Crippen LogP contribution in [-0.2, 0) is 20.9 Å². The second-order valence-corrected chi connectivity index (χ2v) is 4.59. The second-order valence-electron chi connectivity index (χ2n) is 4.59. The van der Waals surface area contributed by atoms with Crippen LogP contribution in [0.2, 0.25) is 0 Å². The van der Waals surface area contributed by atoms with Crippen LogP contribution in [0, 0.1) is 0 Å². The summed E-state index contributed by atoms with van der Waals surface area (Å²) in [5, 5.41) is 11.5. The zero-order valence-corrected chi connectivity index (χ0v) is 11.2. The number of hydrogen-bond acceptors (Lipinski definition) is 4. The number of carbonyl (C=O) groups is 2. The number of benzene rings is 1. The van der Waals surface area contributed by atoms with E-state index in [2.05, 4.69) is 5.32 Å². The molecular weight excluding hydrogens is 262 g/mol. The minimum atomic E-state index is -1.02. The summed E-state index contributed by atoms with van der Waals surface area (Å²) < 4.78 is 10.2. The number of ether oxygens (including phenoxy) is 2. The van der Waals surface area contributed by atoms with Crippen LogP contribution in [0.4, 0.5) is 0 Å². The molecule has 2 rings (SSSR count). The van der Waals surface area contributed by atoms with Gasteiger partial charge in [-0.2, -0.15) is 0 Å². The lowest BCUT2D eigenvalue weighted by Crippen LogP contribution is -2.35. The lowest BCUT2D eigenvalue weighted by atomic mass is 10.1. The molecule has 2 N–H and O–H groups in total. The zero-order chi connectivity index (χ0) is 14.5. The van der Waals surface area contributed by atoms with Gasteiger partial charge in [0.15, 0.2) is 6.10 Å². The van der Waals surface area contributed by atoms with Crippen molar-refractivity contribution in [2.75, 3.05) is 7.11 Å². The summed E-state index contributed by atoms with van der Waals surface area (Å²) >= 11 is 0. The van der Waals surface area contributed by atoms with Gasteiger partial charge in [0, 0.05) is 6.54 Å². The maximum atomic E-state index is 11.9. The molecule has 0 aromatic heterocycles. The molecule has 1 heterocycles. The van der Waals surface area contributed by atoms with Crippen LogP contribution in [0.5, 0.6) is 5.75 Å². The summed E-state index contributed by atoms with van der Waals surface area (Å²) in [6, 6.07) is 7.34. The van der Waals surface area contributed by atoms with Crippen LogP contribution in [0.25, 0.3) is 0 Å². The molecule has 1 saturated heterocycles. The predicted molar refractivity (Wildman–Crippen MR) is 70.4 cm³/mol. The van der Waals surface area contributed by atoms with Crippen LogP contribution < -0.4 is 10.1 Å². The Morgan fingerprint density at radius 3 is 2.50 bits per heavy atom. The van der Waals surface area contributed by atoms with Crippen LogP contribution >= 0.6 is 0 Å². The van der Waals surface area contributed by atoms with Gasteiger partial charge in [0.25, 0.3) is 0 Å². The highest BCUT2D eigenvalue weighted by Gasteiger charge is 2.34. The molecule has 0 radical (unpaired) electrons. The summed E-state index contributed by atoms with van der Waals surface area (Å²) in [4.78, 5) is 22.6. The highest BCUT2D eigenvalue weighted by molar-refractivity contribution is 5.82. The molecule has 1 aromatic rings. The van der Waals surface area contributed by atoms with Crippen LogP contribution in [-0.4, -0.2) is 36.3 Å². The van der Waals surface area contributed by atoms with Gasteiger partial charge >= 0.3 is 5.97 Å². The van der Waals surface area contributed by atoms with E-state index in [1.165, 1.54) is 0 Å². The Hall–Kier alpha value is -2.08. The van der Waals surface area contributed by atoms with E-state index >= 15 is 0 Å². The standard InChI is InChI=1S/C14H17NO5/c1-19-10-4-2-9(3-5-10)8-15-13(16)11-6-7-12(20-11)14(17)18/h2-5,11-12H,6-8H2,1H3,(H,15,16)(H,17,18)/t11-,12+/m0/s1. The monoisotopic (exact) mass is 279 g/mol. The number of hydrogen-bond donors (Lipinski definition) is 2. The quantitative estimate of drug-likeness (QED) is 0.838. The van der Waals surface area contributed by atoms with E-state index in [1.807, 2.05) is 24.3 Å². The summed E-state index contributed by atoms with van der Waals surface area (Å²) in [6.07, 6.45) is -0.734. The summed E-state index contributed by atoms with van der Waals surface area (Å²) in [6.45, 7) is 0.375. The Morgan fingerprint density at radius 2 is 1.95 bits per heavy atom. The van der Waals surface area contributed by atoms with E-state index in [0.29, 0.717) is 19.4 Å². The van der Waals surface area contributed by atoms with Gasteiger partial charge < -0.3 is 19.9 Å². The van der Waals surface area contributed by atoms with Crippen molar-refractivity contribution >= 4 is 11.9 Å². The number of methoxy groups -OCH3 is 1. The Bertz CT molecular complexity index is 485. The van der Waals surface area contributed by atoms with Gasteiger partial charge in [-0.3, -0.25) is 4.79 Å². The Morgan fingerprint density at radius 1 is 1.30 bits per heavy atom. The van der Waals surface area contributed by atoms with E-state index in [9.17, 15) is 9.59 Å². The predicted octanol–water partition coefficient (Wildman–Crippen LogP) is 0.944. The van der Waals surface area contributed by atoms with Gasteiger partial charge in [-0.25, -0.2) is 4.79 Å². The number of carboxylic acids is 1. The van der Waals surface area contributed by atoms with E-state index in [0.717, 1.165) is 11.3 Å². The lowest BCUT2D eigenvalue weighted by Gasteiger charge is -2.12. The number of nitrogens with one attached hydrogen (secondary N) is 1. The third-order valence-corrected chi connectivity index (χ3v) is 3.21. The summed E-state index contributed by atoms with van der Waals surface area (Å²) in [5.74, 6) is -0.538. The lowest BCUT2D eigenvalue weighted by molar-refractivity contribution is -0.151. The Balaban J connectivity index is 1.81. The minimum absolute atomic E-state index is 0.274. The topological polar surface area (TPSA) is 84.9 Å². The Kier molecular flexibility index (Phi) is 4.57. The fraction of sp³-hybridized carbons (Fsp3) is 0.429. The molecule has 0 saturated carbocycles. The molecule has 1 aliphatic heterocycles. The number of carbonyl (C=O) groups excluding carboxylic acids is 1. The SMILES string of the molecule is COc1ccc(CNC(=O)[C@@H]2CC[C@H](C(=O)O)O2)cc1. The van der Waals surface area contributed by atoms with Crippen LogP contribution in [0.15, 0.2) is 24.3 Å². The summed E-state index contributed by atoms with van der Waals surface area (Å²) in [7, 11) is 1.59. The molecule has 1 aromatic carbocycles. The molecule has 0 bridgehead atoms. The molecule has 108 valence electrons. The van der Waals surface area contributed by atoms with E-state index < -0.39 is 18.2 Å². The Labute approximate surface area is 116 Å². The van der Waals surface area contributed by atoms with Crippen LogP contribution in [0.1, 0.15) is 18.4 Å². The number of amides is 1. The largest absolute Gasteiger partial charge is 0.497 e. The molecule has 6 nitrogen and oxygen atoms in total. The molecule has 0 spiro atoms. The van der Waals surface area contributed by atoms with Crippen molar-refractivity contribution in [1.29, 1.82) is 0 Å². The van der Waals surface area contributed by atoms with Gasteiger partial charge in [0.2, 0.25) is 5.91 Å². The van der Waals surface area contributed by atoms with Crippen molar-refractivity contribution < 1.29 is 24.2 Å². The van der Waals surface area contributed by atoms with E-state index in [4.69, 9.17) is 14.6 Å². The average Bonchev–Trinajstić information content (AvgIpc) is 2.95. The molecule has 20 heavy (non-hydrogen) atoms. The van der Waals surface area contributed by atoms with Gasteiger partial charge in [-0.1, -0.05) is 12.1 Å². The third kappa shape index (κ3) is 3.48. The zero-order valence-electron chi connectivity index (χ0n) is 11.2. The highest BCUT2D eigenvalue weighted by atomic mass is 16.5. The minimum Gasteiger partial charge on any atom is -0.497 e. The first-order valence-corrected chi connectivity index (χ1v) is 6.39. The van der Waals surface area contributed by atoms with Crippen molar-refractivity contribution in [3.8, 4) is 5.75 Å². The van der Waals surface area contributed by atoms with Crippen LogP contribution in [0.3, 0.4) is 0 Å². The molecule has 6 heteroatoms. The molecule has 1 fully saturated rings. The van der Waals surface area contributed by atoms with E-state index in [-0.39, 0.29) is 5.91 Å².